The molecule has 0 amide bonds. The minimum atomic E-state index is 0.773. The van der Waals surface area contributed by atoms with Crippen molar-refractivity contribution in [3.63, 3.8) is 0 Å². The molecule has 1 aliphatic carbocycles. The summed E-state index contributed by atoms with van der Waals surface area (Å²) in [6.07, 6.45) is 7.51. The molecule has 0 aromatic carbocycles. The molecular formula is C11H17NS. The number of thiazole rings is 1. The van der Waals surface area contributed by atoms with Crippen LogP contribution in [0.25, 0.3) is 0 Å². The van der Waals surface area contributed by atoms with Gasteiger partial charge in [-0.25, -0.2) is 4.98 Å². The van der Waals surface area contributed by atoms with Crippen molar-refractivity contribution >= 4 is 11.3 Å². The Balaban J connectivity index is 2.02. The van der Waals surface area contributed by atoms with Crippen molar-refractivity contribution in [3.8, 4) is 0 Å². The fourth-order valence-electron chi connectivity index (χ4n) is 2.07. The Morgan fingerprint density at radius 3 is 2.54 bits per heavy atom. The van der Waals surface area contributed by atoms with Gasteiger partial charge in [0.15, 0.2) is 0 Å². The Kier molecular flexibility index (Phi) is 2.68. The van der Waals surface area contributed by atoms with Crippen molar-refractivity contribution in [2.24, 2.45) is 5.92 Å². The highest BCUT2D eigenvalue weighted by Crippen LogP contribution is 2.36. The first kappa shape index (κ1) is 9.20. The van der Waals surface area contributed by atoms with Crippen LogP contribution in [0.4, 0.5) is 0 Å². The van der Waals surface area contributed by atoms with E-state index < -0.39 is 0 Å². The van der Waals surface area contributed by atoms with Gasteiger partial charge in [0, 0.05) is 17.0 Å². The molecule has 0 spiro atoms. The van der Waals surface area contributed by atoms with E-state index in [2.05, 4.69) is 18.8 Å². The van der Waals surface area contributed by atoms with Gasteiger partial charge >= 0.3 is 0 Å². The third-order valence-corrected chi connectivity index (χ3v) is 4.08. The Hall–Kier alpha value is -0.370. The summed E-state index contributed by atoms with van der Waals surface area (Å²) in [5, 5.41) is 1.38. The minimum Gasteiger partial charge on any atom is -0.249 e. The number of rotatable bonds is 1. The second kappa shape index (κ2) is 3.79. The van der Waals surface area contributed by atoms with E-state index in [1.165, 1.54) is 35.6 Å². The normalized spacial score (nSPS) is 29.1. The summed E-state index contributed by atoms with van der Waals surface area (Å²) in [4.78, 5) is 5.84. The van der Waals surface area contributed by atoms with E-state index in [-0.39, 0.29) is 0 Å². The highest BCUT2D eigenvalue weighted by atomic mass is 32.1. The number of aromatic nitrogens is 1. The van der Waals surface area contributed by atoms with Crippen LogP contribution < -0.4 is 0 Å². The first-order valence-corrected chi connectivity index (χ1v) is 5.99. The van der Waals surface area contributed by atoms with E-state index in [0.29, 0.717) is 0 Å². The van der Waals surface area contributed by atoms with Gasteiger partial charge in [0.2, 0.25) is 0 Å². The zero-order valence-corrected chi connectivity index (χ0v) is 9.23. The topological polar surface area (TPSA) is 12.9 Å². The van der Waals surface area contributed by atoms with Crippen LogP contribution in [0.3, 0.4) is 0 Å². The zero-order valence-electron chi connectivity index (χ0n) is 8.42. The first-order valence-electron chi connectivity index (χ1n) is 5.18. The molecule has 1 heterocycles. The second-order valence-electron chi connectivity index (χ2n) is 4.27. The van der Waals surface area contributed by atoms with Gasteiger partial charge in [0.05, 0.1) is 5.01 Å². The molecule has 1 fully saturated rings. The maximum atomic E-state index is 4.48. The van der Waals surface area contributed by atoms with Gasteiger partial charge in [-0.2, -0.15) is 0 Å². The molecule has 0 atom stereocenters. The second-order valence-corrected chi connectivity index (χ2v) is 5.53. The van der Waals surface area contributed by atoms with Crippen molar-refractivity contribution in [3.05, 3.63) is 16.1 Å². The van der Waals surface area contributed by atoms with Crippen molar-refractivity contribution in [1.29, 1.82) is 0 Å². The molecular weight excluding hydrogens is 178 g/mol. The van der Waals surface area contributed by atoms with Crippen LogP contribution in [0.1, 0.15) is 48.4 Å². The Morgan fingerprint density at radius 2 is 2.00 bits per heavy atom. The third-order valence-electron chi connectivity index (χ3n) is 3.00. The van der Waals surface area contributed by atoms with E-state index >= 15 is 0 Å². The number of hydrogen-bond acceptors (Lipinski definition) is 2. The molecule has 72 valence electrons. The van der Waals surface area contributed by atoms with Crippen LogP contribution >= 0.6 is 11.3 Å². The molecule has 1 nitrogen and oxygen atoms in total. The monoisotopic (exact) mass is 195 g/mol. The van der Waals surface area contributed by atoms with Gasteiger partial charge in [-0.15, -0.1) is 11.3 Å². The van der Waals surface area contributed by atoms with Gasteiger partial charge in [-0.05, 0) is 25.7 Å². The van der Waals surface area contributed by atoms with Crippen LogP contribution in [0.2, 0.25) is 0 Å². The van der Waals surface area contributed by atoms with Crippen LogP contribution in [-0.4, -0.2) is 4.98 Å². The summed E-state index contributed by atoms with van der Waals surface area (Å²) in [5.41, 5.74) is 0. The Morgan fingerprint density at radius 1 is 1.31 bits per heavy atom. The van der Waals surface area contributed by atoms with Crippen LogP contribution in [0.5, 0.6) is 0 Å². The molecule has 0 aliphatic heterocycles. The molecule has 1 aromatic rings. The zero-order chi connectivity index (χ0) is 9.26. The number of hydrogen-bond donors (Lipinski definition) is 0. The summed E-state index contributed by atoms with van der Waals surface area (Å²) in [7, 11) is 0. The molecule has 0 radical (unpaired) electrons. The Labute approximate surface area is 84.2 Å². The molecule has 2 heteroatoms. The van der Waals surface area contributed by atoms with Gasteiger partial charge in [-0.3, -0.25) is 0 Å². The van der Waals surface area contributed by atoms with Crippen molar-refractivity contribution in [1.82, 2.24) is 4.98 Å². The van der Waals surface area contributed by atoms with Crippen molar-refractivity contribution in [2.75, 3.05) is 0 Å². The largest absolute Gasteiger partial charge is 0.249 e. The van der Waals surface area contributed by atoms with E-state index in [0.717, 1.165) is 11.8 Å². The molecule has 1 aliphatic rings. The third kappa shape index (κ3) is 2.11. The van der Waals surface area contributed by atoms with Crippen molar-refractivity contribution < 1.29 is 0 Å². The molecule has 1 saturated carbocycles. The van der Waals surface area contributed by atoms with Gasteiger partial charge in [-0.1, -0.05) is 19.8 Å². The highest BCUT2D eigenvalue weighted by Gasteiger charge is 2.21. The lowest BCUT2D eigenvalue weighted by Crippen LogP contribution is -2.10. The quantitative estimate of drug-likeness (QED) is 0.665. The summed E-state index contributed by atoms with van der Waals surface area (Å²) in [6.45, 7) is 4.51. The molecule has 0 bridgehead atoms. The smallest absolute Gasteiger partial charge is 0.0958 e. The van der Waals surface area contributed by atoms with E-state index in [9.17, 15) is 0 Å². The Bertz CT molecular complexity index is 271. The predicted octanol–water partition coefficient (Wildman–Crippen LogP) is 3.75. The van der Waals surface area contributed by atoms with Crippen LogP contribution in [0, 0.1) is 12.8 Å². The summed E-state index contributed by atoms with van der Waals surface area (Å²) in [5.74, 6) is 1.72. The van der Waals surface area contributed by atoms with Crippen LogP contribution in [0.15, 0.2) is 6.20 Å². The van der Waals surface area contributed by atoms with Gasteiger partial charge in [0.25, 0.3) is 0 Å². The predicted molar refractivity (Wildman–Crippen MR) is 57.2 cm³/mol. The summed E-state index contributed by atoms with van der Waals surface area (Å²) < 4.78 is 0. The average Bonchev–Trinajstić information content (AvgIpc) is 2.53. The fraction of sp³-hybridized carbons (Fsp3) is 0.727. The molecule has 0 saturated heterocycles. The van der Waals surface area contributed by atoms with Crippen molar-refractivity contribution in [2.45, 2.75) is 45.4 Å². The molecule has 1 aromatic heterocycles. The number of aryl methyl sites for hydroxylation is 1. The van der Waals surface area contributed by atoms with Gasteiger partial charge < -0.3 is 0 Å². The van der Waals surface area contributed by atoms with Crippen LogP contribution in [-0.2, 0) is 0 Å². The SMILES string of the molecule is Cc1cnc(C2CCC(C)CC2)s1. The lowest BCUT2D eigenvalue weighted by Gasteiger charge is -2.24. The average molecular weight is 195 g/mol. The standard InChI is InChI=1S/C11H17NS/c1-8-3-5-10(6-4-8)11-12-7-9(2)13-11/h7-8,10H,3-6H2,1-2H3. The van der Waals surface area contributed by atoms with E-state index in [1.807, 2.05) is 17.5 Å². The van der Waals surface area contributed by atoms with E-state index in [1.54, 1.807) is 0 Å². The maximum absolute atomic E-state index is 4.48. The molecule has 2 rings (SSSR count). The summed E-state index contributed by atoms with van der Waals surface area (Å²) in [6, 6.07) is 0. The van der Waals surface area contributed by atoms with E-state index in [4.69, 9.17) is 0 Å². The molecule has 0 unspecified atom stereocenters. The minimum absolute atomic E-state index is 0.773. The molecule has 13 heavy (non-hydrogen) atoms. The first-order chi connectivity index (χ1) is 6.25. The lowest BCUT2D eigenvalue weighted by atomic mass is 9.83. The highest BCUT2D eigenvalue weighted by molar-refractivity contribution is 7.11. The summed E-state index contributed by atoms with van der Waals surface area (Å²) >= 11 is 1.88. The fourth-order valence-corrected chi connectivity index (χ4v) is 3.01. The lowest BCUT2D eigenvalue weighted by molar-refractivity contribution is 0.347. The molecule has 0 N–H and O–H groups in total. The van der Waals surface area contributed by atoms with Gasteiger partial charge in [0.1, 0.15) is 0 Å². The maximum Gasteiger partial charge on any atom is 0.0958 e. The number of nitrogens with zero attached hydrogens (tertiary/aromatic N) is 1.